The molecule has 0 saturated heterocycles. The number of thiophene rings is 1. The van der Waals surface area contributed by atoms with Gasteiger partial charge in [0.25, 0.3) is 5.56 Å². The molecule has 0 radical (unpaired) electrons. The van der Waals surface area contributed by atoms with Gasteiger partial charge in [-0.05, 0) is 43.0 Å². The van der Waals surface area contributed by atoms with Crippen molar-refractivity contribution < 1.29 is 9.18 Å². The lowest BCUT2D eigenvalue weighted by Gasteiger charge is -2.13. The number of thioether (sulfide) groups is 1. The summed E-state index contributed by atoms with van der Waals surface area (Å²) in [6.07, 6.45) is 0. The third-order valence-electron chi connectivity index (χ3n) is 4.81. The molecule has 2 aromatic carbocycles. The summed E-state index contributed by atoms with van der Waals surface area (Å²) < 4.78 is 16.2. The molecule has 4 aromatic rings. The molecule has 0 aliphatic rings. The molecule has 4 rings (SSSR count). The Labute approximate surface area is 187 Å². The van der Waals surface area contributed by atoms with Crippen molar-refractivity contribution in [3.05, 3.63) is 86.8 Å². The van der Waals surface area contributed by atoms with Crippen LogP contribution in [-0.4, -0.2) is 21.2 Å². The number of hydrogen-bond acceptors (Lipinski definition) is 5. The number of benzene rings is 2. The average Bonchev–Trinajstić information content (AvgIpc) is 3.21. The molecule has 0 bridgehead atoms. The molecule has 8 heteroatoms. The second kappa shape index (κ2) is 9.03. The SMILES string of the molecule is Cc1ccc(NC(=O)CSc2nc3ccsc3c(=O)n2Cc2ccccc2F)c(C)c1. The second-order valence-corrected chi connectivity index (χ2v) is 9.03. The molecule has 0 fully saturated rings. The minimum atomic E-state index is -0.385. The van der Waals surface area contributed by atoms with Gasteiger partial charge in [0.05, 0.1) is 17.8 Å². The van der Waals surface area contributed by atoms with Crippen LogP contribution in [0.1, 0.15) is 16.7 Å². The Bertz CT molecular complexity index is 1330. The van der Waals surface area contributed by atoms with E-state index in [-0.39, 0.29) is 29.6 Å². The fraction of sp³-hybridized carbons (Fsp3) is 0.174. The largest absolute Gasteiger partial charge is 0.325 e. The first-order valence-electron chi connectivity index (χ1n) is 9.64. The normalized spacial score (nSPS) is 11.1. The van der Waals surface area contributed by atoms with Gasteiger partial charge in [-0.2, -0.15) is 0 Å². The Hall–Kier alpha value is -2.97. The number of fused-ring (bicyclic) bond motifs is 1. The summed E-state index contributed by atoms with van der Waals surface area (Å²) >= 11 is 2.47. The lowest BCUT2D eigenvalue weighted by molar-refractivity contribution is -0.113. The molecule has 1 N–H and O–H groups in total. The van der Waals surface area contributed by atoms with Crippen LogP contribution in [0.4, 0.5) is 10.1 Å². The summed E-state index contributed by atoms with van der Waals surface area (Å²) in [7, 11) is 0. The molecule has 5 nitrogen and oxygen atoms in total. The van der Waals surface area contributed by atoms with Gasteiger partial charge in [0.1, 0.15) is 10.5 Å². The Morgan fingerprint density at radius 3 is 2.77 bits per heavy atom. The zero-order valence-electron chi connectivity index (χ0n) is 17.0. The van der Waals surface area contributed by atoms with E-state index < -0.39 is 0 Å². The van der Waals surface area contributed by atoms with E-state index in [2.05, 4.69) is 10.3 Å². The number of aryl methyl sites for hydroxylation is 2. The van der Waals surface area contributed by atoms with E-state index in [0.29, 0.717) is 20.9 Å². The van der Waals surface area contributed by atoms with E-state index in [4.69, 9.17) is 0 Å². The quantitative estimate of drug-likeness (QED) is 0.330. The van der Waals surface area contributed by atoms with Gasteiger partial charge < -0.3 is 5.32 Å². The fourth-order valence-electron chi connectivity index (χ4n) is 3.24. The molecular weight excluding hydrogens is 433 g/mol. The summed E-state index contributed by atoms with van der Waals surface area (Å²) in [5.74, 6) is -0.509. The monoisotopic (exact) mass is 453 g/mol. The molecule has 0 aliphatic carbocycles. The van der Waals surface area contributed by atoms with Crippen molar-refractivity contribution in [2.24, 2.45) is 0 Å². The fourth-order valence-corrected chi connectivity index (χ4v) is 4.82. The molecule has 0 saturated carbocycles. The Morgan fingerprint density at radius 1 is 1.19 bits per heavy atom. The number of carbonyl (C=O) groups is 1. The van der Waals surface area contributed by atoms with Crippen molar-refractivity contribution in [1.82, 2.24) is 9.55 Å². The van der Waals surface area contributed by atoms with Crippen molar-refractivity contribution in [3.8, 4) is 0 Å². The lowest BCUT2D eigenvalue weighted by atomic mass is 10.1. The number of carbonyl (C=O) groups excluding carboxylic acids is 1. The summed E-state index contributed by atoms with van der Waals surface area (Å²) in [6, 6.07) is 13.9. The molecule has 0 spiro atoms. The van der Waals surface area contributed by atoms with Gasteiger partial charge in [0, 0.05) is 11.3 Å². The molecule has 31 heavy (non-hydrogen) atoms. The van der Waals surface area contributed by atoms with E-state index in [9.17, 15) is 14.0 Å². The van der Waals surface area contributed by atoms with Crippen molar-refractivity contribution >= 4 is 44.9 Å². The highest BCUT2D eigenvalue weighted by atomic mass is 32.2. The van der Waals surface area contributed by atoms with Crippen LogP contribution in [0.25, 0.3) is 10.2 Å². The van der Waals surface area contributed by atoms with Crippen LogP contribution in [0, 0.1) is 19.7 Å². The third kappa shape index (κ3) is 4.70. The number of amides is 1. The highest BCUT2D eigenvalue weighted by Crippen LogP contribution is 2.23. The maximum absolute atomic E-state index is 14.2. The lowest BCUT2D eigenvalue weighted by Crippen LogP contribution is -2.24. The average molecular weight is 454 g/mol. The van der Waals surface area contributed by atoms with Gasteiger partial charge >= 0.3 is 0 Å². The van der Waals surface area contributed by atoms with Gasteiger partial charge in [0.15, 0.2) is 5.16 Å². The van der Waals surface area contributed by atoms with E-state index >= 15 is 0 Å². The predicted molar refractivity (Wildman–Crippen MR) is 125 cm³/mol. The topological polar surface area (TPSA) is 64.0 Å². The Balaban J connectivity index is 1.59. The Kier molecular flexibility index (Phi) is 6.20. The molecule has 0 unspecified atom stereocenters. The van der Waals surface area contributed by atoms with Gasteiger partial charge in [-0.15, -0.1) is 11.3 Å². The summed E-state index contributed by atoms with van der Waals surface area (Å²) in [4.78, 5) is 30.1. The first kappa shape index (κ1) is 21.3. The zero-order chi connectivity index (χ0) is 22.0. The van der Waals surface area contributed by atoms with E-state index in [1.165, 1.54) is 22.0 Å². The summed E-state index contributed by atoms with van der Waals surface area (Å²) in [6.45, 7) is 3.98. The number of rotatable bonds is 6. The number of hydrogen-bond donors (Lipinski definition) is 1. The standard InChI is InChI=1S/C23H20FN3O2S2/c1-14-7-8-18(15(2)11-14)25-20(28)13-31-23-26-19-9-10-30-21(19)22(29)27(23)12-16-5-3-4-6-17(16)24/h3-11H,12-13H2,1-2H3,(H,25,28). The van der Waals surface area contributed by atoms with Crippen LogP contribution >= 0.6 is 23.1 Å². The maximum Gasteiger partial charge on any atom is 0.272 e. The van der Waals surface area contributed by atoms with Gasteiger partial charge in [-0.25, -0.2) is 9.37 Å². The minimum Gasteiger partial charge on any atom is -0.325 e. The van der Waals surface area contributed by atoms with Gasteiger partial charge in [0.2, 0.25) is 5.91 Å². The van der Waals surface area contributed by atoms with E-state index in [1.54, 1.807) is 29.6 Å². The smallest absolute Gasteiger partial charge is 0.272 e. The van der Waals surface area contributed by atoms with E-state index in [0.717, 1.165) is 28.6 Å². The third-order valence-corrected chi connectivity index (χ3v) is 6.67. The van der Waals surface area contributed by atoms with Crippen LogP contribution in [-0.2, 0) is 11.3 Å². The minimum absolute atomic E-state index is 0.0490. The Morgan fingerprint density at radius 2 is 2.00 bits per heavy atom. The second-order valence-electron chi connectivity index (χ2n) is 7.17. The van der Waals surface area contributed by atoms with Crippen LogP contribution in [0.2, 0.25) is 0 Å². The number of anilines is 1. The molecule has 2 aromatic heterocycles. The van der Waals surface area contributed by atoms with Crippen molar-refractivity contribution in [2.45, 2.75) is 25.5 Å². The number of nitrogens with zero attached hydrogens (tertiary/aromatic N) is 2. The molecule has 1 amide bonds. The highest BCUT2D eigenvalue weighted by Gasteiger charge is 2.16. The number of aromatic nitrogens is 2. The first-order chi connectivity index (χ1) is 14.9. The first-order valence-corrected chi connectivity index (χ1v) is 11.5. The summed E-state index contributed by atoms with van der Waals surface area (Å²) in [5, 5.41) is 5.08. The molecule has 0 aliphatic heterocycles. The molecule has 2 heterocycles. The molecule has 158 valence electrons. The van der Waals surface area contributed by atoms with Crippen LogP contribution in [0.3, 0.4) is 0 Å². The number of nitrogens with one attached hydrogen (secondary N) is 1. The molecular formula is C23H20FN3O2S2. The van der Waals surface area contributed by atoms with Crippen LogP contribution in [0.15, 0.2) is 63.9 Å². The summed E-state index contributed by atoms with van der Waals surface area (Å²) in [5.41, 5.74) is 3.59. The maximum atomic E-state index is 14.2. The van der Waals surface area contributed by atoms with Crippen molar-refractivity contribution in [1.29, 1.82) is 0 Å². The number of halogens is 1. The van der Waals surface area contributed by atoms with Crippen molar-refractivity contribution in [2.75, 3.05) is 11.1 Å². The highest BCUT2D eigenvalue weighted by molar-refractivity contribution is 7.99. The van der Waals surface area contributed by atoms with Crippen LogP contribution in [0.5, 0.6) is 0 Å². The predicted octanol–water partition coefficient (Wildman–Crippen LogP) is 4.99. The van der Waals surface area contributed by atoms with E-state index in [1.807, 2.05) is 32.0 Å². The van der Waals surface area contributed by atoms with Crippen molar-refractivity contribution in [3.63, 3.8) is 0 Å². The molecule has 0 atom stereocenters. The zero-order valence-corrected chi connectivity index (χ0v) is 18.6. The van der Waals surface area contributed by atoms with Gasteiger partial charge in [-0.3, -0.25) is 14.2 Å². The van der Waals surface area contributed by atoms with Crippen LogP contribution < -0.4 is 10.9 Å². The van der Waals surface area contributed by atoms with Gasteiger partial charge in [-0.1, -0.05) is 47.7 Å².